The van der Waals surface area contributed by atoms with Gasteiger partial charge in [-0.05, 0) is 42.5 Å². The van der Waals surface area contributed by atoms with E-state index in [1.165, 1.54) is 18.9 Å². The lowest BCUT2D eigenvalue weighted by molar-refractivity contribution is -0.113. The quantitative estimate of drug-likeness (QED) is 0.241. The van der Waals surface area contributed by atoms with Crippen LogP contribution in [0.15, 0.2) is 84.0 Å². The van der Waals surface area contributed by atoms with E-state index in [2.05, 4.69) is 20.8 Å². The molecule has 0 radical (unpaired) electrons. The normalized spacial score (nSPS) is 10.6. The van der Waals surface area contributed by atoms with Gasteiger partial charge in [-0.15, -0.1) is 10.2 Å². The number of hydrogen-bond donors (Lipinski definition) is 2. The number of ether oxygens (including phenoxy) is 1. The Bertz CT molecular complexity index is 1330. The van der Waals surface area contributed by atoms with Gasteiger partial charge in [0.1, 0.15) is 0 Å². The number of hydrogen-bond acceptors (Lipinski definition) is 7. The number of para-hydroxylation sites is 2. The Morgan fingerprint density at radius 2 is 1.77 bits per heavy atom. The second-order valence-corrected chi connectivity index (χ2v) is 8.69. The summed E-state index contributed by atoms with van der Waals surface area (Å²) in [5.41, 5.74) is 2.41. The van der Waals surface area contributed by atoms with E-state index in [1.807, 2.05) is 59.2 Å². The molecule has 8 nitrogen and oxygen atoms in total. The summed E-state index contributed by atoms with van der Waals surface area (Å²) in [6.45, 7) is 0.404. The molecule has 35 heavy (non-hydrogen) atoms. The number of carbonyl (C=O) groups excluding carboxylic acids is 2. The third-order valence-corrected chi connectivity index (χ3v) is 6.09. The minimum absolute atomic E-state index is 0.0716. The number of esters is 1. The van der Waals surface area contributed by atoms with Crippen molar-refractivity contribution in [2.75, 3.05) is 23.5 Å². The van der Waals surface area contributed by atoms with E-state index in [9.17, 15) is 9.59 Å². The summed E-state index contributed by atoms with van der Waals surface area (Å²) in [6.07, 6.45) is 0. The average Bonchev–Trinajstić information content (AvgIpc) is 3.29. The zero-order valence-electron chi connectivity index (χ0n) is 18.8. The first kappa shape index (κ1) is 24.3. The van der Waals surface area contributed by atoms with Crippen molar-refractivity contribution >= 4 is 46.6 Å². The van der Waals surface area contributed by atoms with Crippen LogP contribution in [0.1, 0.15) is 16.2 Å². The van der Waals surface area contributed by atoms with Gasteiger partial charge in [-0.3, -0.25) is 9.36 Å². The van der Waals surface area contributed by atoms with E-state index < -0.39 is 5.97 Å². The number of amides is 1. The number of anilines is 2. The van der Waals surface area contributed by atoms with Gasteiger partial charge >= 0.3 is 5.97 Å². The molecule has 178 valence electrons. The van der Waals surface area contributed by atoms with Gasteiger partial charge in [-0.25, -0.2) is 4.79 Å². The monoisotopic (exact) mass is 507 g/mol. The Hall–Kier alpha value is -3.82. The average molecular weight is 508 g/mol. The number of benzene rings is 3. The Morgan fingerprint density at radius 3 is 2.54 bits per heavy atom. The first-order valence-corrected chi connectivity index (χ1v) is 12.0. The van der Waals surface area contributed by atoms with Gasteiger partial charge < -0.3 is 15.4 Å². The smallest absolute Gasteiger partial charge is 0.339 e. The summed E-state index contributed by atoms with van der Waals surface area (Å²) in [7, 11) is 1.30. The molecule has 0 unspecified atom stereocenters. The summed E-state index contributed by atoms with van der Waals surface area (Å²) in [5.74, 6) is -0.0562. The minimum Gasteiger partial charge on any atom is -0.465 e. The molecule has 0 saturated carbocycles. The van der Waals surface area contributed by atoms with Crippen LogP contribution in [0.3, 0.4) is 0 Å². The van der Waals surface area contributed by atoms with Gasteiger partial charge in [0.2, 0.25) is 5.91 Å². The fraction of sp³-hybridized carbons (Fsp3) is 0.120. The number of thioether (sulfide) groups is 1. The molecule has 0 atom stereocenters. The third-order valence-electron chi connectivity index (χ3n) is 4.93. The largest absolute Gasteiger partial charge is 0.465 e. The first-order valence-electron chi connectivity index (χ1n) is 10.6. The standard InChI is InChI=1S/C25H22ClN5O3S/c1-34-24(33)20-12-5-6-13-21(20)28-23(32)16-35-25-30-29-22(31(25)19-10-3-2-4-11-19)15-27-18-9-7-8-17(26)14-18/h2-14,27H,15-16H2,1H3,(H,28,32). The molecule has 0 bridgehead atoms. The highest BCUT2D eigenvalue weighted by Crippen LogP contribution is 2.24. The van der Waals surface area contributed by atoms with E-state index in [-0.39, 0.29) is 17.2 Å². The molecule has 3 aromatic carbocycles. The fourth-order valence-electron chi connectivity index (χ4n) is 3.32. The van der Waals surface area contributed by atoms with Gasteiger partial charge in [0, 0.05) is 16.4 Å². The molecule has 0 aliphatic rings. The van der Waals surface area contributed by atoms with Crippen molar-refractivity contribution in [3.05, 3.63) is 95.3 Å². The molecule has 1 heterocycles. The maximum atomic E-state index is 12.7. The molecule has 4 rings (SSSR count). The fourth-order valence-corrected chi connectivity index (χ4v) is 4.28. The van der Waals surface area contributed by atoms with Crippen LogP contribution in [0.5, 0.6) is 0 Å². The second kappa shape index (κ2) is 11.5. The number of halogens is 1. The number of carbonyl (C=O) groups is 2. The summed E-state index contributed by atoms with van der Waals surface area (Å²) in [6, 6.07) is 23.8. The number of methoxy groups -OCH3 is 1. The highest BCUT2D eigenvalue weighted by Gasteiger charge is 2.17. The summed E-state index contributed by atoms with van der Waals surface area (Å²) in [5, 5.41) is 15.9. The third kappa shape index (κ3) is 6.20. The predicted octanol–water partition coefficient (Wildman–Crippen LogP) is 5.05. The second-order valence-electron chi connectivity index (χ2n) is 7.31. The molecule has 0 fully saturated rings. The zero-order chi connectivity index (χ0) is 24.6. The maximum Gasteiger partial charge on any atom is 0.339 e. The van der Waals surface area contributed by atoms with Gasteiger partial charge in [0.05, 0.1) is 30.7 Å². The van der Waals surface area contributed by atoms with Gasteiger partial charge in [-0.2, -0.15) is 0 Å². The molecular weight excluding hydrogens is 486 g/mol. The SMILES string of the molecule is COC(=O)c1ccccc1NC(=O)CSc1nnc(CNc2cccc(Cl)c2)n1-c1ccccc1. The maximum absolute atomic E-state index is 12.7. The van der Waals surface area contributed by atoms with Gasteiger partial charge in [-0.1, -0.05) is 59.8 Å². The van der Waals surface area contributed by atoms with E-state index in [4.69, 9.17) is 16.3 Å². The summed E-state index contributed by atoms with van der Waals surface area (Å²) >= 11 is 7.33. The van der Waals surface area contributed by atoms with Crippen LogP contribution in [0, 0.1) is 0 Å². The number of rotatable bonds is 9. The van der Waals surface area contributed by atoms with E-state index in [0.29, 0.717) is 28.2 Å². The highest BCUT2D eigenvalue weighted by molar-refractivity contribution is 7.99. The molecule has 0 saturated heterocycles. The molecule has 2 N–H and O–H groups in total. The minimum atomic E-state index is -0.519. The molecule has 10 heteroatoms. The molecular formula is C25H22ClN5O3S. The van der Waals surface area contributed by atoms with Crippen molar-refractivity contribution in [3.8, 4) is 5.69 Å². The Labute approximate surface area is 211 Å². The number of nitrogens with one attached hydrogen (secondary N) is 2. The lowest BCUT2D eigenvalue weighted by atomic mass is 10.2. The number of aromatic nitrogens is 3. The van der Waals surface area contributed by atoms with Crippen molar-refractivity contribution in [1.29, 1.82) is 0 Å². The topological polar surface area (TPSA) is 98.1 Å². The van der Waals surface area contributed by atoms with Crippen LogP contribution >= 0.6 is 23.4 Å². The van der Waals surface area contributed by atoms with Crippen LogP contribution in [-0.4, -0.2) is 39.5 Å². The van der Waals surface area contributed by atoms with Crippen molar-refractivity contribution in [3.63, 3.8) is 0 Å². The summed E-state index contributed by atoms with van der Waals surface area (Å²) in [4.78, 5) is 24.6. The number of nitrogens with zero attached hydrogens (tertiary/aromatic N) is 3. The Kier molecular flexibility index (Phi) is 8.02. The van der Waals surface area contributed by atoms with Crippen LogP contribution in [0.2, 0.25) is 5.02 Å². The van der Waals surface area contributed by atoms with Crippen molar-refractivity contribution in [2.45, 2.75) is 11.7 Å². The van der Waals surface area contributed by atoms with Crippen LogP contribution in [0.4, 0.5) is 11.4 Å². The molecule has 0 spiro atoms. The van der Waals surface area contributed by atoms with Gasteiger partial charge in [0.25, 0.3) is 0 Å². The van der Waals surface area contributed by atoms with E-state index >= 15 is 0 Å². The van der Waals surface area contributed by atoms with Crippen LogP contribution in [-0.2, 0) is 16.1 Å². The zero-order valence-corrected chi connectivity index (χ0v) is 20.3. The molecule has 0 aliphatic carbocycles. The first-order chi connectivity index (χ1) is 17.0. The van der Waals surface area contributed by atoms with E-state index in [0.717, 1.165) is 11.4 Å². The van der Waals surface area contributed by atoms with Crippen LogP contribution in [0.25, 0.3) is 5.69 Å². The van der Waals surface area contributed by atoms with Crippen molar-refractivity contribution < 1.29 is 14.3 Å². The van der Waals surface area contributed by atoms with Crippen molar-refractivity contribution in [2.24, 2.45) is 0 Å². The highest BCUT2D eigenvalue weighted by atomic mass is 35.5. The van der Waals surface area contributed by atoms with Crippen molar-refractivity contribution in [1.82, 2.24) is 14.8 Å². The molecule has 0 aliphatic heterocycles. The Balaban J connectivity index is 1.50. The lowest BCUT2D eigenvalue weighted by Crippen LogP contribution is -2.17. The predicted molar refractivity (Wildman–Crippen MR) is 137 cm³/mol. The van der Waals surface area contributed by atoms with Gasteiger partial charge in [0.15, 0.2) is 11.0 Å². The molecule has 1 amide bonds. The lowest BCUT2D eigenvalue weighted by Gasteiger charge is -2.12. The Morgan fingerprint density at radius 1 is 1.00 bits per heavy atom. The van der Waals surface area contributed by atoms with E-state index in [1.54, 1.807) is 24.3 Å². The molecule has 4 aromatic rings. The molecule has 1 aromatic heterocycles. The van der Waals surface area contributed by atoms with Crippen LogP contribution < -0.4 is 10.6 Å². The summed E-state index contributed by atoms with van der Waals surface area (Å²) < 4.78 is 6.69.